The van der Waals surface area contributed by atoms with Gasteiger partial charge < -0.3 is 10.6 Å². The molecule has 7 heteroatoms. The minimum Gasteiger partial charge on any atom is -0.384 e. The van der Waals surface area contributed by atoms with Crippen molar-refractivity contribution in [2.75, 3.05) is 18.8 Å². The maximum absolute atomic E-state index is 12.7. The predicted octanol–water partition coefficient (Wildman–Crippen LogP) is -0.647. The van der Waals surface area contributed by atoms with E-state index in [0.717, 1.165) is 24.4 Å². The Balaban J connectivity index is 1.84. The number of aromatic amines is 1. The van der Waals surface area contributed by atoms with E-state index in [4.69, 9.17) is 5.73 Å². The van der Waals surface area contributed by atoms with E-state index in [2.05, 4.69) is 17.1 Å². The van der Waals surface area contributed by atoms with Crippen molar-refractivity contribution in [3.8, 4) is 0 Å². The number of benzene rings is 1. The molecule has 1 unspecified atom stereocenters. The summed E-state index contributed by atoms with van der Waals surface area (Å²) in [5.41, 5.74) is 7.15. The van der Waals surface area contributed by atoms with Gasteiger partial charge in [-0.1, -0.05) is 31.2 Å². The summed E-state index contributed by atoms with van der Waals surface area (Å²) in [6.07, 6.45) is 1.58. The number of nitrogens with one attached hydrogen (secondary N) is 2. The van der Waals surface area contributed by atoms with Crippen LogP contribution in [0.3, 0.4) is 0 Å². The molecule has 0 bridgehead atoms. The molecule has 1 atom stereocenters. The second kappa shape index (κ2) is 7.06. The molecule has 132 valence electrons. The molecule has 4 N–H and O–H groups in total. The second-order valence-corrected chi connectivity index (χ2v) is 6.47. The van der Waals surface area contributed by atoms with Gasteiger partial charge in [-0.15, -0.1) is 0 Å². The molecule has 1 aliphatic rings. The average molecular weight is 343 g/mol. The Morgan fingerprint density at radius 3 is 2.72 bits per heavy atom. The minimum atomic E-state index is -0.698. The number of H-pyrrole nitrogens is 1. The third kappa shape index (κ3) is 3.41. The highest BCUT2D eigenvalue weighted by molar-refractivity contribution is 6.00. The lowest BCUT2D eigenvalue weighted by molar-refractivity contribution is -0.907. The van der Waals surface area contributed by atoms with Crippen molar-refractivity contribution >= 4 is 11.6 Å². The van der Waals surface area contributed by atoms with Gasteiger partial charge in [0.2, 0.25) is 5.78 Å². The van der Waals surface area contributed by atoms with E-state index in [9.17, 15) is 14.4 Å². The van der Waals surface area contributed by atoms with Crippen LogP contribution in [0.15, 0.2) is 33.9 Å². The van der Waals surface area contributed by atoms with Crippen molar-refractivity contribution in [1.82, 2.24) is 9.55 Å². The van der Waals surface area contributed by atoms with Gasteiger partial charge >= 0.3 is 5.69 Å². The summed E-state index contributed by atoms with van der Waals surface area (Å²) in [5.74, 6) is -0.351. The maximum atomic E-state index is 12.7. The lowest BCUT2D eigenvalue weighted by Gasteiger charge is -2.25. The zero-order valence-corrected chi connectivity index (χ0v) is 14.3. The number of ketones is 1. The molecule has 0 fully saturated rings. The fourth-order valence-electron chi connectivity index (χ4n) is 3.41. The highest BCUT2D eigenvalue weighted by atomic mass is 16.2. The van der Waals surface area contributed by atoms with Crippen LogP contribution in [0.2, 0.25) is 0 Å². The molecule has 0 radical (unpaired) electrons. The van der Waals surface area contributed by atoms with Crippen molar-refractivity contribution in [2.45, 2.75) is 32.9 Å². The highest BCUT2D eigenvalue weighted by Crippen LogP contribution is 2.11. The molecular weight excluding hydrogens is 320 g/mol. The van der Waals surface area contributed by atoms with Crippen molar-refractivity contribution in [2.24, 2.45) is 0 Å². The standard InChI is InChI=1S/C18H22N4O3/c1-2-8-22-16(19)15(17(24)20-18(22)25)14(23)11-21-9-7-12-5-3-4-6-13(12)10-21/h3-6H,2,7-11,19H2,1H3,(H,20,24,25)/p+1. The molecule has 0 spiro atoms. The molecule has 0 saturated heterocycles. The lowest BCUT2D eigenvalue weighted by Crippen LogP contribution is -3.12. The number of nitrogen functional groups attached to an aromatic ring is 1. The number of Topliss-reactive ketones (excluding diaryl/α,β-unsaturated/α-hetero) is 1. The molecular formula is C18H23N4O3+. The van der Waals surface area contributed by atoms with Gasteiger partial charge in [-0.2, -0.15) is 0 Å². The van der Waals surface area contributed by atoms with Gasteiger partial charge in [0.05, 0.1) is 6.54 Å². The first kappa shape index (κ1) is 17.2. The smallest absolute Gasteiger partial charge is 0.329 e. The quantitative estimate of drug-likeness (QED) is 0.628. The van der Waals surface area contributed by atoms with Crippen molar-refractivity contribution in [3.63, 3.8) is 0 Å². The molecule has 2 aromatic rings. The Morgan fingerprint density at radius 2 is 2.00 bits per heavy atom. The fraction of sp³-hybridized carbons (Fsp3) is 0.389. The van der Waals surface area contributed by atoms with Crippen LogP contribution in [-0.4, -0.2) is 28.4 Å². The van der Waals surface area contributed by atoms with E-state index in [1.165, 1.54) is 15.7 Å². The number of rotatable bonds is 5. The zero-order valence-electron chi connectivity index (χ0n) is 14.3. The lowest BCUT2D eigenvalue weighted by atomic mass is 9.99. The normalized spacial score (nSPS) is 16.4. The molecule has 1 aromatic heterocycles. The van der Waals surface area contributed by atoms with Crippen LogP contribution in [0.5, 0.6) is 0 Å². The molecule has 1 aromatic carbocycles. The van der Waals surface area contributed by atoms with E-state index >= 15 is 0 Å². The van der Waals surface area contributed by atoms with E-state index in [-0.39, 0.29) is 23.7 Å². The van der Waals surface area contributed by atoms with Crippen LogP contribution in [0.25, 0.3) is 0 Å². The molecule has 1 aliphatic heterocycles. The monoisotopic (exact) mass is 343 g/mol. The first-order chi connectivity index (χ1) is 12.0. The number of aromatic nitrogens is 2. The third-order valence-corrected chi connectivity index (χ3v) is 4.68. The minimum absolute atomic E-state index is 0.0302. The van der Waals surface area contributed by atoms with Crippen LogP contribution in [-0.2, 0) is 19.5 Å². The fourth-order valence-corrected chi connectivity index (χ4v) is 3.41. The Hall–Kier alpha value is -2.67. The third-order valence-electron chi connectivity index (χ3n) is 4.68. The molecule has 7 nitrogen and oxygen atoms in total. The number of quaternary nitrogens is 1. The maximum Gasteiger partial charge on any atom is 0.329 e. The first-order valence-electron chi connectivity index (χ1n) is 8.57. The van der Waals surface area contributed by atoms with Gasteiger partial charge in [-0.05, 0) is 12.0 Å². The topological polar surface area (TPSA) is 102 Å². The Labute approximate surface area is 145 Å². The van der Waals surface area contributed by atoms with Crippen molar-refractivity contribution < 1.29 is 9.69 Å². The van der Waals surface area contributed by atoms with Crippen LogP contribution in [0, 0.1) is 0 Å². The van der Waals surface area contributed by atoms with Crippen LogP contribution < -0.4 is 21.9 Å². The van der Waals surface area contributed by atoms with Crippen LogP contribution >= 0.6 is 0 Å². The molecule has 3 rings (SSSR count). The summed E-state index contributed by atoms with van der Waals surface area (Å²) in [4.78, 5) is 40.0. The molecule has 0 saturated carbocycles. The van der Waals surface area contributed by atoms with E-state index in [1.54, 1.807) is 0 Å². The second-order valence-electron chi connectivity index (χ2n) is 6.47. The summed E-state index contributed by atoms with van der Waals surface area (Å²) < 4.78 is 1.26. The summed E-state index contributed by atoms with van der Waals surface area (Å²) in [7, 11) is 0. The Morgan fingerprint density at radius 1 is 1.28 bits per heavy atom. The summed E-state index contributed by atoms with van der Waals surface area (Å²) in [6, 6.07) is 8.19. The van der Waals surface area contributed by atoms with E-state index in [0.29, 0.717) is 13.0 Å². The number of nitrogens with two attached hydrogens (primary N) is 1. The number of carbonyl (C=O) groups is 1. The summed E-state index contributed by atoms with van der Waals surface area (Å²) in [5, 5.41) is 0. The largest absolute Gasteiger partial charge is 0.384 e. The number of fused-ring (bicyclic) bond motifs is 1. The summed E-state index contributed by atoms with van der Waals surface area (Å²) >= 11 is 0. The number of hydrogen-bond donors (Lipinski definition) is 3. The van der Waals surface area contributed by atoms with Crippen molar-refractivity contribution in [3.05, 3.63) is 61.8 Å². The predicted molar refractivity (Wildman–Crippen MR) is 94.9 cm³/mol. The molecule has 2 heterocycles. The van der Waals surface area contributed by atoms with Crippen molar-refractivity contribution in [1.29, 1.82) is 0 Å². The van der Waals surface area contributed by atoms with Gasteiger partial charge in [-0.25, -0.2) is 4.79 Å². The molecule has 0 aliphatic carbocycles. The Bertz CT molecular complexity index is 913. The van der Waals surface area contributed by atoms with Gasteiger partial charge in [0.25, 0.3) is 5.56 Å². The SMILES string of the molecule is CCCn1c(N)c(C(=O)C[NH+]2CCc3ccccc3C2)c(=O)[nH]c1=O. The highest BCUT2D eigenvalue weighted by Gasteiger charge is 2.26. The van der Waals surface area contributed by atoms with Crippen LogP contribution in [0.4, 0.5) is 5.82 Å². The molecule has 25 heavy (non-hydrogen) atoms. The summed E-state index contributed by atoms with van der Waals surface area (Å²) in [6.45, 7) is 4.02. The van der Waals surface area contributed by atoms with E-state index < -0.39 is 11.2 Å². The Kier molecular flexibility index (Phi) is 4.85. The average Bonchev–Trinajstić information content (AvgIpc) is 2.58. The number of anilines is 1. The van der Waals surface area contributed by atoms with Gasteiger partial charge in [0, 0.05) is 18.5 Å². The number of hydrogen-bond acceptors (Lipinski definition) is 4. The van der Waals surface area contributed by atoms with E-state index in [1.807, 2.05) is 19.1 Å². The molecule has 0 amide bonds. The zero-order chi connectivity index (χ0) is 18.0. The first-order valence-corrected chi connectivity index (χ1v) is 8.57. The number of nitrogens with zero attached hydrogens (tertiary/aromatic N) is 1. The van der Waals surface area contributed by atoms with Gasteiger partial charge in [0.1, 0.15) is 24.5 Å². The van der Waals surface area contributed by atoms with Gasteiger partial charge in [-0.3, -0.25) is 19.1 Å². The number of carbonyl (C=O) groups excluding carboxylic acids is 1. The van der Waals surface area contributed by atoms with Gasteiger partial charge in [0.15, 0.2) is 0 Å². The van der Waals surface area contributed by atoms with Crippen LogP contribution in [0.1, 0.15) is 34.8 Å².